The number of aliphatic carboxylic acids is 1. The van der Waals surface area contributed by atoms with Crippen molar-refractivity contribution in [2.45, 2.75) is 32.5 Å². The highest BCUT2D eigenvalue weighted by molar-refractivity contribution is 5.88. The van der Waals surface area contributed by atoms with E-state index in [-0.39, 0.29) is 13.0 Å². The second-order valence-electron chi connectivity index (χ2n) is 7.22. The average molecular weight is 371 g/mol. The standard InChI is InChI=1S/C21H25NO5/c1-21(2,20(26)27)13-22-19(25)17(12-18(23)24)16-10-8-15(9-11-16)14-6-4-3-5-7-14/h3-11,17,20,26-27H,12-13H2,1-2H3,(H,22,25)(H,23,24)/t17-/m1/s1. The molecule has 0 bridgehead atoms. The number of rotatable bonds is 8. The van der Waals surface area contributed by atoms with Crippen molar-refractivity contribution in [2.24, 2.45) is 5.41 Å². The maximum atomic E-state index is 12.6. The van der Waals surface area contributed by atoms with Crippen LogP contribution in [0.3, 0.4) is 0 Å². The SMILES string of the molecule is CC(C)(CNC(=O)[C@H](CC(=O)O)c1ccc(-c2ccccc2)cc1)C(O)O. The second kappa shape index (κ2) is 8.79. The van der Waals surface area contributed by atoms with Gasteiger partial charge in [0.1, 0.15) is 0 Å². The predicted octanol–water partition coefficient (Wildman–Crippen LogP) is 2.37. The Balaban J connectivity index is 2.18. The van der Waals surface area contributed by atoms with Crippen LogP contribution in [0.1, 0.15) is 31.7 Å². The molecule has 27 heavy (non-hydrogen) atoms. The number of carboxylic acids is 1. The molecule has 0 fully saturated rings. The first-order valence-electron chi connectivity index (χ1n) is 8.72. The zero-order valence-corrected chi connectivity index (χ0v) is 15.4. The van der Waals surface area contributed by atoms with E-state index in [1.54, 1.807) is 26.0 Å². The second-order valence-corrected chi connectivity index (χ2v) is 7.22. The molecule has 0 radical (unpaired) electrons. The molecule has 0 spiro atoms. The van der Waals surface area contributed by atoms with Crippen LogP contribution in [-0.4, -0.2) is 40.0 Å². The minimum absolute atomic E-state index is 0.0156. The lowest BCUT2D eigenvalue weighted by Crippen LogP contribution is -2.43. The van der Waals surface area contributed by atoms with Crippen LogP contribution in [0.2, 0.25) is 0 Å². The number of carbonyl (C=O) groups excluding carboxylic acids is 1. The molecule has 1 amide bonds. The lowest BCUT2D eigenvalue weighted by molar-refractivity contribution is -0.140. The summed E-state index contributed by atoms with van der Waals surface area (Å²) in [5.74, 6) is -2.40. The molecule has 1 atom stereocenters. The largest absolute Gasteiger partial charge is 0.481 e. The summed E-state index contributed by atoms with van der Waals surface area (Å²) in [5.41, 5.74) is 1.65. The van der Waals surface area contributed by atoms with Crippen LogP contribution in [0.25, 0.3) is 11.1 Å². The van der Waals surface area contributed by atoms with Gasteiger partial charge < -0.3 is 20.6 Å². The van der Waals surface area contributed by atoms with Crippen LogP contribution in [0.4, 0.5) is 0 Å². The van der Waals surface area contributed by atoms with Crippen molar-refractivity contribution in [3.63, 3.8) is 0 Å². The van der Waals surface area contributed by atoms with Gasteiger partial charge in [0.2, 0.25) is 5.91 Å². The molecule has 0 aromatic heterocycles. The van der Waals surface area contributed by atoms with Crippen molar-refractivity contribution in [3.8, 4) is 11.1 Å². The van der Waals surface area contributed by atoms with Crippen LogP contribution in [0.5, 0.6) is 0 Å². The van der Waals surface area contributed by atoms with Gasteiger partial charge in [-0.2, -0.15) is 0 Å². The molecule has 4 N–H and O–H groups in total. The van der Waals surface area contributed by atoms with Crippen molar-refractivity contribution >= 4 is 11.9 Å². The normalized spacial score (nSPS) is 12.6. The number of aliphatic hydroxyl groups excluding tert-OH is 1. The minimum Gasteiger partial charge on any atom is -0.481 e. The van der Waals surface area contributed by atoms with Gasteiger partial charge in [0, 0.05) is 12.0 Å². The third kappa shape index (κ3) is 5.64. The molecule has 0 saturated carbocycles. The third-order valence-electron chi connectivity index (χ3n) is 4.53. The number of aliphatic hydroxyl groups is 2. The summed E-state index contributed by atoms with van der Waals surface area (Å²) in [6.07, 6.45) is -1.94. The van der Waals surface area contributed by atoms with Crippen LogP contribution < -0.4 is 5.32 Å². The highest BCUT2D eigenvalue weighted by Crippen LogP contribution is 2.26. The Morgan fingerprint density at radius 1 is 0.963 bits per heavy atom. The van der Waals surface area contributed by atoms with E-state index in [2.05, 4.69) is 5.32 Å². The Hall–Kier alpha value is -2.70. The lowest BCUT2D eigenvalue weighted by atomic mass is 9.90. The Bertz CT molecular complexity index is 769. The summed E-state index contributed by atoms with van der Waals surface area (Å²) < 4.78 is 0. The summed E-state index contributed by atoms with van der Waals surface area (Å²) >= 11 is 0. The maximum Gasteiger partial charge on any atom is 0.304 e. The zero-order valence-electron chi connectivity index (χ0n) is 15.4. The van der Waals surface area contributed by atoms with Gasteiger partial charge in [0.25, 0.3) is 0 Å². The fourth-order valence-electron chi connectivity index (χ4n) is 2.60. The van der Waals surface area contributed by atoms with E-state index >= 15 is 0 Å². The molecular formula is C21H25NO5. The number of amides is 1. The van der Waals surface area contributed by atoms with E-state index in [1.165, 1.54) is 0 Å². The summed E-state index contributed by atoms with van der Waals surface area (Å²) in [5, 5.41) is 30.5. The number of hydrogen-bond acceptors (Lipinski definition) is 4. The fraction of sp³-hybridized carbons (Fsp3) is 0.333. The Morgan fingerprint density at radius 3 is 2.04 bits per heavy atom. The monoisotopic (exact) mass is 371 g/mol. The predicted molar refractivity (Wildman–Crippen MR) is 102 cm³/mol. The molecule has 0 saturated heterocycles. The first kappa shape index (κ1) is 20.6. The van der Waals surface area contributed by atoms with E-state index in [4.69, 9.17) is 0 Å². The van der Waals surface area contributed by atoms with Crippen molar-refractivity contribution < 1.29 is 24.9 Å². The molecule has 2 aromatic carbocycles. The molecule has 0 aliphatic rings. The molecule has 2 rings (SSSR count). The van der Waals surface area contributed by atoms with Crippen LogP contribution in [-0.2, 0) is 9.59 Å². The maximum absolute atomic E-state index is 12.6. The third-order valence-corrected chi connectivity index (χ3v) is 4.53. The molecule has 6 nitrogen and oxygen atoms in total. The molecule has 0 heterocycles. The fourth-order valence-corrected chi connectivity index (χ4v) is 2.60. The summed E-state index contributed by atoms with van der Waals surface area (Å²) in [4.78, 5) is 23.8. The molecule has 144 valence electrons. The highest BCUT2D eigenvalue weighted by Gasteiger charge is 2.29. The molecule has 2 aromatic rings. The first-order chi connectivity index (χ1) is 12.7. The summed E-state index contributed by atoms with van der Waals surface area (Å²) in [6, 6.07) is 16.9. The summed E-state index contributed by atoms with van der Waals surface area (Å²) in [6.45, 7) is 3.21. The quantitative estimate of drug-likeness (QED) is 0.533. The van der Waals surface area contributed by atoms with Gasteiger partial charge >= 0.3 is 5.97 Å². The smallest absolute Gasteiger partial charge is 0.304 e. The van der Waals surface area contributed by atoms with Gasteiger partial charge in [0.15, 0.2) is 6.29 Å². The summed E-state index contributed by atoms with van der Waals surface area (Å²) in [7, 11) is 0. The van der Waals surface area contributed by atoms with Crippen molar-refractivity contribution in [3.05, 3.63) is 60.2 Å². The number of carbonyl (C=O) groups is 2. The van der Waals surface area contributed by atoms with E-state index in [0.29, 0.717) is 5.56 Å². The van der Waals surface area contributed by atoms with Crippen molar-refractivity contribution in [1.29, 1.82) is 0 Å². The molecule has 0 aliphatic heterocycles. The molecular weight excluding hydrogens is 346 g/mol. The topological polar surface area (TPSA) is 107 Å². The van der Waals surface area contributed by atoms with E-state index in [9.17, 15) is 24.9 Å². The molecule has 6 heteroatoms. The highest BCUT2D eigenvalue weighted by atomic mass is 16.5. The van der Waals surface area contributed by atoms with Crippen LogP contribution in [0.15, 0.2) is 54.6 Å². The van der Waals surface area contributed by atoms with Gasteiger partial charge in [-0.1, -0.05) is 68.4 Å². The van der Waals surface area contributed by atoms with Gasteiger partial charge in [-0.05, 0) is 16.7 Å². The first-order valence-corrected chi connectivity index (χ1v) is 8.72. The van der Waals surface area contributed by atoms with E-state index < -0.39 is 29.5 Å². The molecule has 0 aliphatic carbocycles. The minimum atomic E-state index is -1.60. The Morgan fingerprint density at radius 2 is 1.52 bits per heavy atom. The number of nitrogens with one attached hydrogen (secondary N) is 1. The van der Waals surface area contributed by atoms with Gasteiger partial charge in [-0.25, -0.2) is 0 Å². The number of hydrogen-bond donors (Lipinski definition) is 4. The zero-order chi connectivity index (χ0) is 20.0. The van der Waals surface area contributed by atoms with Crippen LogP contribution in [0, 0.1) is 5.41 Å². The Labute approximate surface area is 158 Å². The van der Waals surface area contributed by atoms with E-state index in [1.807, 2.05) is 42.5 Å². The van der Waals surface area contributed by atoms with Gasteiger partial charge in [-0.3, -0.25) is 9.59 Å². The Kier molecular flexibility index (Phi) is 6.71. The van der Waals surface area contributed by atoms with Gasteiger partial charge in [0.05, 0.1) is 12.3 Å². The van der Waals surface area contributed by atoms with Crippen molar-refractivity contribution in [1.82, 2.24) is 5.32 Å². The average Bonchev–Trinajstić information content (AvgIpc) is 2.65. The lowest BCUT2D eigenvalue weighted by Gasteiger charge is -2.27. The number of carboxylic acid groups (broad SMARTS) is 1. The van der Waals surface area contributed by atoms with E-state index in [0.717, 1.165) is 11.1 Å². The van der Waals surface area contributed by atoms with Crippen LogP contribution >= 0.6 is 0 Å². The van der Waals surface area contributed by atoms with Gasteiger partial charge in [-0.15, -0.1) is 0 Å². The van der Waals surface area contributed by atoms with Crippen molar-refractivity contribution in [2.75, 3.05) is 6.54 Å². The number of benzene rings is 2. The molecule has 0 unspecified atom stereocenters.